The van der Waals surface area contributed by atoms with Gasteiger partial charge in [-0.2, -0.15) is 0 Å². The van der Waals surface area contributed by atoms with Crippen LogP contribution < -0.4 is 11.2 Å². The van der Waals surface area contributed by atoms with Gasteiger partial charge in [0.05, 0.1) is 11.7 Å². The molecule has 0 spiro atoms. The first-order chi connectivity index (χ1) is 10.1. The molecule has 0 aromatic rings. The Morgan fingerprint density at radius 3 is 2.62 bits per heavy atom. The van der Waals surface area contributed by atoms with Gasteiger partial charge in [0.2, 0.25) is 0 Å². The van der Waals surface area contributed by atoms with Crippen LogP contribution >= 0.6 is 0 Å². The number of aryl methyl sites for hydroxylation is 1. The van der Waals surface area contributed by atoms with Gasteiger partial charge in [-0.15, -0.1) is 0 Å². The highest BCUT2D eigenvalue weighted by Crippen LogP contribution is 2.35. The highest BCUT2D eigenvalue weighted by Gasteiger charge is 2.23. The zero-order valence-electron chi connectivity index (χ0n) is 12.3. The maximum absolute atomic E-state index is 12.3. The summed E-state index contributed by atoms with van der Waals surface area (Å²) in [6.45, 7) is 1.99. The Labute approximate surface area is 123 Å². The van der Waals surface area contributed by atoms with Gasteiger partial charge in [-0.25, -0.2) is 0 Å². The Kier molecular flexibility index (Phi) is 3.72. The molecule has 3 aliphatic rings. The predicted octanol–water partition coefficient (Wildman–Crippen LogP) is 2.91. The number of benzene rings is 1. The average Bonchev–Trinajstić information content (AvgIpc) is 2.47. The number of nitrogen functional groups attached to an aromatic ring is 1. The third-order valence-corrected chi connectivity index (χ3v) is 4.53. The van der Waals surface area contributed by atoms with E-state index < -0.39 is 0 Å². The van der Waals surface area contributed by atoms with Crippen molar-refractivity contribution in [3.63, 3.8) is 0 Å². The molecule has 1 saturated carbocycles. The number of hydrogen-bond donors (Lipinski definition) is 2. The van der Waals surface area contributed by atoms with Crippen molar-refractivity contribution in [3.05, 3.63) is 39.5 Å². The standard InChI is InChI=1S/C17H21NO3/c1-2-10-7-14-15(20)8-12(9-16(14)21-17(10)18)11-3-5-13(19)6-4-11/h7-9,11,13,19H,2-6,18H2,1H3. The molecule has 0 aromatic carbocycles. The molecule has 0 amide bonds. The smallest absolute Gasteiger partial charge is 0.194 e. The summed E-state index contributed by atoms with van der Waals surface area (Å²) in [5.41, 5.74) is 8.36. The average molecular weight is 287 g/mol. The van der Waals surface area contributed by atoms with E-state index in [9.17, 15) is 9.90 Å². The number of fused-ring (bicyclic) bond motifs is 1. The fraction of sp³-hybridized carbons (Fsp3) is 0.471. The molecule has 3 rings (SSSR count). The van der Waals surface area contributed by atoms with Crippen LogP contribution in [0.4, 0.5) is 5.88 Å². The van der Waals surface area contributed by atoms with Gasteiger partial charge >= 0.3 is 0 Å². The molecular weight excluding hydrogens is 266 g/mol. The number of aliphatic hydroxyl groups is 1. The maximum Gasteiger partial charge on any atom is 0.194 e. The molecule has 21 heavy (non-hydrogen) atoms. The van der Waals surface area contributed by atoms with Crippen molar-refractivity contribution in [2.75, 3.05) is 5.73 Å². The van der Waals surface area contributed by atoms with E-state index in [0.717, 1.165) is 43.2 Å². The Morgan fingerprint density at radius 2 is 1.95 bits per heavy atom. The SMILES string of the molecule is CCc1cc2c(=O)cc(C3CCC(O)CC3)cc-2oc1N. The highest BCUT2D eigenvalue weighted by atomic mass is 16.3. The lowest BCUT2D eigenvalue weighted by molar-refractivity contribution is 0.122. The molecule has 0 aromatic heterocycles. The fourth-order valence-corrected chi connectivity index (χ4v) is 3.20. The topological polar surface area (TPSA) is 76.5 Å². The van der Waals surface area contributed by atoms with Gasteiger partial charge in [0.25, 0.3) is 0 Å². The molecule has 112 valence electrons. The van der Waals surface area contributed by atoms with Crippen LogP contribution in [0.3, 0.4) is 0 Å². The van der Waals surface area contributed by atoms with Gasteiger partial charge in [-0.3, -0.25) is 4.79 Å². The summed E-state index contributed by atoms with van der Waals surface area (Å²) in [6, 6.07) is 5.50. The minimum atomic E-state index is -0.194. The van der Waals surface area contributed by atoms with Crippen molar-refractivity contribution in [1.82, 2.24) is 0 Å². The van der Waals surface area contributed by atoms with Crippen LogP contribution in [0.5, 0.6) is 0 Å². The third kappa shape index (κ3) is 2.68. The van der Waals surface area contributed by atoms with Crippen LogP contribution in [0.25, 0.3) is 11.3 Å². The molecule has 4 heteroatoms. The lowest BCUT2D eigenvalue weighted by Crippen LogP contribution is -2.18. The normalized spacial score (nSPS) is 22.6. The highest BCUT2D eigenvalue weighted by molar-refractivity contribution is 5.64. The first-order valence-electron chi connectivity index (χ1n) is 7.62. The molecule has 1 heterocycles. The van der Waals surface area contributed by atoms with E-state index in [-0.39, 0.29) is 11.5 Å². The lowest BCUT2D eigenvalue weighted by Gasteiger charge is -2.26. The van der Waals surface area contributed by atoms with Crippen LogP contribution in [0, 0.1) is 0 Å². The second kappa shape index (κ2) is 5.53. The van der Waals surface area contributed by atoms with Crippen LogP contribution in [0.15, 0.2) is 27.4 Å². The second-order valence-electron chi connectivity index (χ2n) is 5.93. The minimum Gasteiger partial charge on any atom is -0.441 e. The molecule has 0 radical (unpaired) electrons. The van der Waals surface area contributed by atoms with Crippen LogP contribution in [-0.4, -0.2) is 11.2 Å². The van der Waals surface area contributed by atoms with Gasteiger partial charge in [-0.05, 0) is 61.8 Å². The van der Waals surface area contributed by atoms with Gasteiger partial charge in [0, 0.05) is 5.56 Å². The van der Waals surface area contributed by atoms with E-state index in [1.165, 1.54) is 0 Å². The van der Waals surface area contributed by atoms with Crippen molar-refractivity contribution in [3.8, 4) is 11.3 Å². The summed E-state index contributed by atoms with van der Waals surface area (Å²) < 4.78 is 5.65. The quantitative estimate of drug-likeness (QED) is 0.890. The van der Waals surface area contributed by atoms with Crippen molar-refractivity contribution in [1.29, 1.82) is 0 Å². The molecule has 0 saturated heterocycles. The van der Waals surface area contributed by atoms with Gasteiger partial charge in [0.1, 0.15) is 5.76 Å². The summed E-state index contributed by atoms with van der Waals surface area (Å²) in [7, 11) is 0. The number of anilines is 1. The molecule has 1 fully saturated rings. The van der Waals surface area contributed by atoms with Crippen molar-refractivity contribution in [2.45, 2.75) is 51.0 Å². The van der Waals surface area contributed by atoms with Crippen molar-refractivity contribution in [2.24, 2.45) is 0 Å². The van der Waals surface area contributed by atoms with E-state index in [0.29, 0.717) is 23.1 Å². The van der Waals surface area contributed by atoms with Gasteiger partial charge in [-0.1, -0.05) is 6.92 Å². The van der Waals surface area contributed by atoms with E-state index in [4.69, 9.17) is 10.2 Å². The van der Waals surface area contributed by atoms with Crippen molar-refractivity contribution < 1.29 is 9.52 Å². The van der Waals surface area contributed by atoms with Crippen LogP contribution in [-0.2, 0) is 6.42 Å². The molecule has 1 aliphatic heterocycles. The summed E-state index contributed by atoms with van der Waals surface area (Å²) >= 11 is 0. The van der Waals surface area contributed by atoms with E-state index in [1.54, 1.807) is 6.07 Å². The largest absolute Gasteiger partial charge is 0.441 e. The Morgan fingerprint density at radius 1 is 1.24 bits per heavy atom. The monoisotopic (exact) mass is 287 g/mol. The molecule has 4 nitrogen and oxygen atoms in total. The number of aliphatic hydroxyl groups excluding tert-OH is 1. The molecule has 3 N–H and O–H groups in total. The zero-order valence-corrected chi connectivity index (χ0v) is 12.3. The van der Waals surface area contributed by atoms with Gasteiger partial charge < -0.3 is 15.3 Å². The summed E-state index contributed by atoms with van der Waals surface area (Å²) in [5, 5.41) is 9.60. The second-order valence-corrected chi connectivity index (χ2v) is 5.93. The number of rotatable bonds is 2. The lowest BCUT2D eigenvalue weighted by atomic mass is 9.82. The van der Waals surface area contributed by atoms with E-state index in [1.807, 2.05) is 19.1 Å². The molecular formula is C17H21NO3. The minimum absolute atomic E-state index is 0.00734. The molecule has 0 atom stereocenters. The van der Waals surface area contributed by atoms with E-state index >= 15 is 0 Å². The fourth-order valence-electron chi connectivity index (χ4n) is 3.20. The van der Waals surface area contributed by atoms with Crippen LogP contribution in [0.1, 0.15) is 49.7 Å². The summed E-state index contributed by atoms with van der Waals surface area (Å²) in [4.78, 5) is 12.3. The molecule has 0 unspecified atom stereocenters. The first-order valence-corrected chi connectivity index (χ1v) is 7.62. The number of nitrogens with two attached hydrogens (primary N) is 1. The maximum atomic E-state index is 12.3. The van der Waals surface area contributed by atoms with Crippen molar-refractivity contribution >= 4 is 5.88 Å². The van der Waals surface area contributed by atoms with E-state index in [2.05, 4.69) is 0 Å². The Bertz CT molecular complexity index is 669. The Balaban J connectivity index is 2.03. The Hall–Kier alpha value is -1.81. The molecule has 0 bridgehead atoms. The third-order valence-electron chi connectivity index (χ3n) is 4.53. The predicted molar refractivity (Wildman–Crippen MR) is 82.6 cm³/mol. The van der Waals surface area contributed by atoms with Crippen LogP contribution in [0.2, 0.25) is 0 Å². The summed E-state index contributed by atoms with van der Waals surface area (Å²) in [5.74, 6) is 1.28. The summed E-state index contributed by atoms with van der Waals surface area (Å²) in [6.07, 6.45) is 3.97. The molecule has 2 aliphatic carbocycles. The zero-order chi connectivity index (χ0) is 15.0. The first kappa shape index (κ1) is 14.1. The van der Waals surface area contributed by atoms with Gasteiger partial charge in [0.15, 0.2) is 11.3 Å². The number of hydrogen-bond acceptors (Lipinski definition) is 4.